The lowest BCUT2D eigenvalue weighted by atomic mass is 9.91. The molecule has 1 aromatic rings. The van der Waals surface area contributed by atoms with Gasteiger partial charge in [0.25, 0.3) is 11.6 Å². The first kappa shape index (κ1) is 17.2. The maximum absolute atomic E-state index is 12.0. The highest BCUT2D eigenvalue weighted by Crippen LogP contribution is 2.33. The van der Waals surface area contributed by atoms with Gasteiger partial charge in [-0.3, -0.25) is 14.9 Å². The van der Waals surface area contributed by atoms with Crippen molar-refractivity contribution in [3.63, 3.8) is 0 Å². The second-order valence-corrected chi connectivity index (χ2v) is 6.57. The van der Waals surface area contributed by atoms with Crippen molar-refractivity contribution in [2.45, 2.75) is 33.6 Å². The molecular weight excluding hydrogens is 294 g/mol. The van der Waals surface area contributed by atoms with E-state index in [1.807, 2.05) is 6.92 Å². The summed E-state index contributed by atoms with van der Waals surface area (Å²) >= 11 is 0. The predicted molar refractivity (Wildman–Crippen MR) is 90.9 cm³/mol. The van der Waals surface area contributed by atoms with E-state index in [0.717, 1.165) is 25.9 Å². The summed E-state index contributed by atoms with van der Waals surface area (Å²) in [6, 6.07) is 4.78. The van der Waals surface area contributed by atoms with Gasteiger partial charge in [0.1, 0.15) is 5.69 Å². The average molecular weight is 319 g/mol. The first-order valence-electron chi connectivity index (χ1n) is 8.24. The molecule has 1 saturated heterocycles. The van der Waals surface area contributed by atoms with Gasteiger partial charge < -0.3 is 10.2 Å². The third-order valence-electron chi connectivity index (χ3n) is 4.18. The number of rotatable bonds is 5. The van der Waals surface area contributed by atoms with Crippen LogP contribution in [-0.4, -0.2) is 30.5 Å². The van der Waals surface area contributed by atoms with E-state index in [1.54, 1.807) is 12.1 Å². The second kappa shape index (κ2) is 7.44. The lowest BCUT2D eigenvalue weighted by Gasteiger charge is -2.36. The van der Waals surface area contributed by atoms with Crippen LogP contribution in [0.5, 0.6) is 0 Å². The number of amides is 1. The largest absolute Gasteiger partial charge is 0.365 e. The summed E-state index contributed by atoms with van der Waals surface area (Å²) < 4.78 is 0. The smallest absolute Gasteiger partial charge is 0.293 e. The van der Waals surface area contributed by atoms with E-state index < -0.39 is 4.92 Å². The summed E-state index contributed by atoms with van der Waals surface area (Å²) in [5.41, 5.74) is 0.961. The molecule has 0 aromatic heterocycles. The summed E-state index contributed by atoms with van der Waals surface area (Å²) in [7, 11) is 0. The zero-order valence-corrected chi connectivity index (χ0v) is 14.0. The van der Waals surface area contributed by atoms with Gasteiger partial charge >= 0.3 is 0 Å². The number of carbonyl (C=O) groups excluding carboxylic acids is 1. The molecule has 1 heterocycles. The van der Waals surface area contributed by atoms with Crippen LogP contribution in [0.3, 0.4) is 0 Å². The van der Waals surface area contributed by atoms with Crippen molar-refractivity contribution in [2.75, 3.05) is 24.5 Å². The Labute approximate surface area is 137 Å². The molecule has 0 radical (unpaired) electrons. The van der Waals surface area contributed by atoms with E-state index in [-0.39, 0.29) is 11.6 Å². The standard InChI is InChI=1S/C17H25N3O3/c1-4-7-18-17(21)14-5-6-15(16(9-14)20(22)23)19-10-12(2)8-13(3)11-19/h5-6,9,12-13H,4,7-8,10-11H2,1-3H3,(H,18,21). The molecule has 6 nitrogen and oxygen atoms in total. The number of hydrogen-bond donors (Lipinski definition) is 1. The Morgan fingerprint density at radius 1 is 1.35 bits per heavy atom. The fraction of sp³-hybridized carbons (Fsp3) is 0.588. The van der Waals surface area contributed by atoms with Crippen LogP contribution in [0.4, 0.5) is 11.4 Å². The zero-order valence-electron chi connectivity index (χ0n) is 14.0. The van der Waals surface area contributed by atoms with Crippen molar-refractivity contribution in [3.05, 3.63) is 33.9 Å². The molecule has 0 saturated carbocycles. The summed E-state index contributed by atoms with van der Waals surface area (Å²) in [4.78, 5) is 25.2. The molecule has 1 aliphatic rings. The molecule has 6 heteroatoms. The normalized spacial score (nSPS) is 21.1. The Morgan fingerprint density at radius 3 is 2.57 bits per heavy atom. The lowest BCUT2D eigenvalue weighted by molar-refractivity contribution is -0.384. The minimum absolute atomic E-state index is 0.00967. The van der Waals surface area contributed by atoms with E-state index in [1.165, 1.54) is 6.07 Å². The molecule has 0 spiro atoms. The van der Waals surface area contributed by atoms with E-state index in [9.17, 15) is 14.9 Å². The van der Waals surface area contributed by atoms with E-state index >= 15 is 0 Å². The van der Waals surface area contributed by atoms with Crippen LogP contribution in [0, 0.1) is 22.0 Å². The number of nitrogens with one attached hydrogen (secondary N) is 1. The molecule has 1 amide bonds. The van der Waals surface area contributed by atoms with Crippen LogP contribution in [-0.2, 0) is 0 Å². The first-order valence-corrected chi connectivity index (χ1v) is 8.24. The van der Waals surface area contributed by atoms with Gasteiger partial charge in [0, 0.05) is 31.3 Å². The van der Waals surface area contributed by atoms with Crippen molar-refractivity contribution in [1.82, 2.24) is 5.32 Å². The molecular formula is C17H25N3O3. The third-order valence-corrected chi connectivity index (χ3v) is 4.18. The molecule has 2 unspecified atom stereocenters. The van der Waals surface area contributed by atoms with Gasteiger partial charge in [0.05, 0.1) is 4.92 Å². The third kappa shape index (κ3) is 4.21. The minimum Gasteiger partial charge on any atom is -0.365 e. The summed E-state index contributed by atoms with van der Waals surface area (Å²) in [6.45, 7) is 8.49. The molecule has 1 fully saturated rings. The Kier molecular flexibility index (Phi) is 5.58. The monoisotopic (exact) mass is 319 g/mol. The highest BCUT2D eigenvalue weighted by atomic mass is 16.6. The highest BCUT2D eigenvalue weighted by Gasteiger charge is 2.27. The molecule has 1 aromatic carbocycles. The quantitative estimate of drug-likeness (QED) is 0.668. The summed E-state index contributed by atoms with van der Waals surface area (Å²) in [6.07, 6.45) is 1.97. The molecule has 1 N–H and O–H groups in total. The second-order valence-electron chi connectivity index (χ2n) is 6.57. The van der Waals surface area contributed by atoms with Crippen molar-refractivity contribution < 1.29 is 9.72 Å². The van der Waals surface area contributed by atoms with E-state index in [2.05, 4.69) is 24.1 Å². The van der Waals surface area contributed by atoms with Crippen molar-refractivity contribution in [3.8, 4) is 0 Å². The van der Waals surface area contributed by atoms with Gasteiger partial charge in [-0.05, 0) is 36.8 Å². The van der Waals surface area contributed by atoms with Crippen LogP contribution in [0.25, 0.3) is 0 Å². The van der Waals surface area contributed by atoms with Crippen LogP contribution in [0.1, 0.15) is 44.0 Å². The Morgan fingerprint density at radius 2 is 2.00 bits per heavy atom. The molecule has 0 bridgehead atoms. The van der Waals surface area contributed by atoms with Gasteiger partial charge in [0.15, 0.2) is 0 Å². The number of nitro groups is 1. The average Bonchev–Trinajstić information content (AvgIpc) is 2.51. The number of anilines is 1. The van der Waals surface area contributed by atoms with Crippen LogP contribution < -0.4 is 10.2 Å². The van der Waals surface area contributed by atoms with Crippen LogP contribution in [0.2, 0.25) is 0 Å². The maximum atomic E-state index is 12.0. The highest BCUT2D eigenvalue weighted by molar-refractivity contribution is 5.95. The van der Waals surface area contributed by atoms with Crippen LogP contribution >= 0.6 is 0 Å². The van der Waals surface area contributed by atoms with Gasteiger partial charge in [0.2, 0.25) is 0 Å². The zero-order chi connectivity index (χ0) is 17.0. The number of piperidine rings is 1. The minimum atomic E-state index is -0.393. The maximum Gasteiger partial charge on any atom is 0.293 e. The van der Waals surface area contributed by atoms with Crippen molar-refractivity contribution in [2.24, 2.45) is 11.8 Å². The Hall–Kier alpha value is -2.11. The SMILES string of the molecule is CCCNC(=O)c1ccc(N2CC(C)CC(C)C2)c([N+](=O)[O-])c1. The van der Waals surface area contributed by atoms with Gasteiger partial charge in [-0.15, -0.1) is 0 Å². The molecule has 0 aliphatic carbocycles. The fourth-order valence-corrected chi connectivity index (χ4v) is 3.28. The number of nitro benzene ring substituents is 1. The Balaban J connectivity index is 2.29. The fourth-order valence-electron chi connectivity index (χ4n) is 3.28. The van der Waals surface area contributed by atoms with E-state index in [0.29, 0.717) is 29.6 Å². The van der Waals surface area contributed by atoms with Gasteiger partial charge in [-0.2, -0.15) is 0 Å². The van der Waals surface area contributed by atoms with Crippen molar-refractivity contribution >= 4 is 17.3 Å². The number of nitrogens with zero attached hydrogens (tertiary/aromatic N) is 2. The molecule has 2 atom stereocenters. The number of carbonyl (C=O) groups is 1. The van der Waals surface area contributed by atoms with Crippen molar-refractivity contribution in [1.29, 1.82) is 0 Å². The number of hydrogen-bond acceptors (Lipinski definition) is 4. The lowest BCUT2D eigenvalue weighted by Crippen LogP contribution is -2.39. The molecule has 1 aliphatic heterocycles. The predicted octanol–water partition coefficient (Wildman–Crippen LogP) is 3.22. The molecule has 2 rings (SSSR count). The molecule has 23 heavy (non-hydrogen) atoms. The van der Waals surface area contributed by atoms with Gasteiger partial charge in [-0.25, -0.2) is 0 Å². The topological polar surface area (TPSA) is 75.5 Å². The molecule has 126 valence electrons. The number of benzene rings is 1. The van der Waals surface area contributed by atoms with Crippen LogP contribution in [0.15, 0.2) is 18.2 Å². The summed E-state index contributed by atoms with van der Waals surface area (Å²) in [5, 5.41) is 14.2. The summed E-state index contributed by atoms with van der Waals surface area (Å²) in [5.74, 6) is 0.749. The first-order chi connectivity index (χ1) is 10.9. The van der Waals surface area contributed by atoms with E-state index in [4.69, 9.17) is 0 Å². The Bertz CT molecular complexity index is 578. The van der Waals surface area contributed by atoms with Gasteiger partial charge in [-0.1, -0.05) is 20.8 Å².